The Bertz CT molecular complexity index is 2090. The lowest BCUT2D eigenvalue weighted by molar-refractivity contribution is 0.0782. The highest BCUT2D eigenvalue weighted by atomic mass is 32.2. The summed E-state index contributed by atoms with van der Waals surface area (Å²) < 4.78 is 29.2. The van der Waals surface area contributed by atoms with Crippen LogP contribution in [0.1, 0.15) is 83.9 Å². The number of allylic oxidation sites excluding steroid dienone is 1. The largest absolute Gasteiger partial charge is 0.514 e. The molecule has 0 fully saturated rings. The molecule has 11 nitrogen and oxygen atoms in total. The van der Waals surface area contributed by atoms with Gasteiger partial charge in [0.1, 0.15) is 0 Å². The van der Waals surface area contributed by atoms with Gasteiger partial charge in [0.15, 0.2) is 0 Å². The maximum atomic E-state index is 14.6. The van der Waals surface area contributed by atoms with Crippen molar-refractivity contribution in [3.8, 4) is 11.3 Å². The van der Waals surface area contributed by atoms with Gasteiger partial charge in [0.2, 0.25) is 5.95 Å². The lowest BCUT2D eigenvalue weighted by atomic mass is 9.95. The molecule has 0 aliphatic carbocycles. The second kappa shape index (κ2) is 16.0. The number of benzene rings is 3. The van der Waals surface area contributed by atoms with Crippen LogP contribution >= 0.6 is 0 Å². The van der Waals surface area contributed by atoms with Crippen molar-refractivity contribution in [1.82, 2.24) is 19.6 Å². The zero-order valence-corrected chi connectivity index (χ0v) is 30.8. The maximum absolute atomic E-state index is 14.6. The smallest absolute Gasteiger partial charge is 0.265 e. The number of sulfonamides is 1. The molecule has 2 aliphatic heterocycles. The van der Waals surface area contributed by atoms with Crippen molar-refractivity contribution in [2.24, 2.45) is 0 Å². The van der Waals surface area contributed by atoms with Gasteiger partial charge >= 0.3 is 0 Å². The number of anilines is 2. The highest BCUT2D eigenvalue weighted by Crippen LogP contribution is 2.33. The van der Waals surface area contributed by atoms with Crippen LogP contribution in [0.15, 0.2) is 89.8 Å². The van der Waals surface area contributed by atoms with Gasteiger partial charge < -0.3 is 19.8 Å². The van der Waals surface area contributed by atoms with Crippen molar-refractivity contribution < 1.29 is 23.1 Å². The highest BCUT2D eigenvalue weighted by Gasteiger charge is 2.30. The van der Waals surface area contributed by atoms with Crippen LogP contribution in [0.25, 0.3) is 11.3 Å². The summed E-state index contributed by atoms with van der Waals surface area (Å²) in [5.41, 5.74) is 5.31. The van der Waals surface area contributed by atoms with E-state index in [1.165, 1.54) is 23.1 Å². The molecule has 3 heterocycles. The van der Waals surface area contributed by atoms with E-state index in [4.69, 9.17) is 4.98 Å². The van der Waals surface area contributed by atoms with Crippen LogP contribution in [0.3, 0.4) is 0 Å². The van der Waals surface area contributed by atoms with E-state index in [0.29, 0.717) is 29.3 Å². The number of likely N-dealkylation sites (N-methyl/N-ethyl adjacent to an activating group) is 1. The molecule has 0 unspecified atom stereocenters. The molecule has 3 aromatic carbocycles. The summed E-state index contributed by atoms with van der Waals surface area (Å²) in [5, 5.41) is 10.3. The third-order valence-electron chi connectivity index (χ3n) is 9.80. The van der Waals surface area contributed by atoms with Crippen molar-refractivity contribution >= 4 is 33.5 Å². The number of aromatic nitrogens is 2. The average molecular weight is 723 g/mol. The van der Waals surface area contributed by atoms with Gasteiger partial charge in [-0.1, -0.05) is 57.0 Å². The third kappa shape index (κ3) is 7.67. The Morgan fingerprint density at radius 3 is 2.40 bits per heavy atom. The molecule has 52 heavy (non-hydrogen) atoms. The highest BCUT2D eigenvalue weighted by molar-refractivity contribution is 7.90. The van der Waals surface area contributed by atoms with Crippen molar-refractivity contribution in [3.63, 3.8) is 0 Å². The minimum atomic E-state index is -4.23. The number of amides is 2. The van der Waals surface area contributed by atoms with E-state index in [1.807, 2.05) is 24.3 Å². The number of carbonyl (C=O) groups is 2. The molecule has 2 aliphatic rings. The van der Waals surface area contributed by atoms with Crippen LogP contribution in [0, 0.1) is 0 Å². The molecule has 4 aromatic rings. The Hall–Kier alpha value is -5.23. The number of hydrogen-bond acceptors (Lipinski definition) is 9. The zero-order valence-electron chi connectivity index (χ0n) is 30.0. The normalized spacial score (nSPS) is 14.6. The van der Waals surface area contributed by atoms with Crippen molar-refractivity contribution in [3.05, 3.63) is 113 Å². The second-order valence-electron chi connectivity index (χ2n) is 13.2. The summed E-state index contributed by atoms with van der Waals surface area (Å²) in [7, 11) is -4.23. The van der Waals surface area contributed by atoms with Gasteiger partial charge in [0.25, 0.3) is 21.8 Å². The van der Waals surface area contributed by atoms with Gasteiger partial charge in [0.05, 0.1) is 34.7 Å². The molecule has 0 bridgehead atoms. The standard InChI is InChI=1S/C40H46N6O5S/c1-4-7-20-45(21-8-5-2)40-41-19-17-36(42-40)34-15-13-30(25-35(34)39(49)46-26-31-12-10-9-11-28(31)23-32(46)27-47)38(48)43-52(50,51)33-14-16-37-29(24-33)18-22-44(37)6-3/h9-17,19,24-25,27,47H,4-8,18,20-23,26H2,1-3H3,(H,43,48)/b32-27+. The minimum Gasteiger partial charge on any atom is -0.514 e. The fraction of sp³-hybridized carbons (Fsp3) is 0.350. The predicted molar refractivity (Wildman–Crippen MR) is 203 cm³/mol. The summed E-state index contributed by atoms with van der Waals surface area (Å²) in [6.45, 7) is 9.73. The van der Waals surface area contributed by atoms with Crippen molar-refractivity contribution in [2.45, 2.75) is 70.7 Å². The molecule has 272 valence electrons. The van der Waals surface area contributed by atoms with Gasteiger partial charge in [-0.05, 0) is 79.3 Å². The first-order chi connectivity index (χ1) is 25.2. The lowest BCUT2D eigenvalue weighted by Crippen LogP contribution is -2.35. The van der Waals surface area contributed by atoms with Crippen LogP contribution in [0.2, 0.25) is 0 Å². The molecule has 0 atom stereocenters. The molecule has 0 spiro atoms. The first-order valence-electron chi connectivity index (χ1n) is 18.1. The first-order valence-corrected chi connectivity index (χ1v) is 19.5. The van der Waals surface area contributed by atoms with Crippen LogP contribution < -0.4 is 14.5 Å². The van der Waals surface area contributed by atoms with Crippen molar-refractivity contribution in [2.75, 3.05) is 36.0 Å². The van der Waals surface area contributed by atoms with E-state index in [9.17, 15) is 23.1 Å². The first kappa shape index (κ1) is 36.6. The van der Waals surface area contributed by atoms with Crippen LogP contribution in [-0.2, 0) is 29.4 Å². The Morgan fingerprint density at radius 2 is 1.69 bits per heavy atom. The van der Waals surface area contributed by atoms with E-state index in [2.05, 4.69) is 40.3 Å². The molecule has 0 saturated heterocycles. The topological polar surface area (TPSA) is 136 Å². The molecule has 0 radical (unpaired) electrons. The number of fused-ring (bicyclic) bond motifs is 2. The molecule has 2 N–H and O–H groups in total. The molecule has 6 rings (SSSR count). The van der Waals surface area contributed by atoms with Gasteiger partial charge in [-0.2, -0.15) is 0 Å². The fourth-order valence-corrected chi connectivity index (χ4v) is 7.86. The van der Waals surface area contributed by atoms with E-state index < -0.39 is 21.8 Å². The predicted octanol–water partition coefficient (Wildman–Crippen LogP) is 6.65. The molecule has 1 aromatic heterocycles. The summed E-state index contributed by atoms with van der Waals surface area (Å²) in [6, 6.07) is 18.9. The van der Waals surface area contributed by atoms with E-state index in [-0.39, 0.29) is 22.6 Å². The number of carbonyl (C=O) groups excluding carboxylic acids is 2. The zero-order chi connectivity index (χ0) is 36.8. The second-order valence-corrected chi connectivity index (χ2v) is 14.9. The summed E-state index contributed by atoms with van der Waals surface area (Å²) in [6.07, 6.45) is 7.65. The SMILES string of the molecule is CCCCN(CCCC)c1nccc(-c2ccc(C(=O)NS(=O)(=O)c3ccc4c(c3)CCN4CC)cc2C(=O)N2Cc3ccccc3C/C2=C\O)n1. The van der Waals surface area contributed by atoms with E-state index >= 15 is 0 Å². The molecular formula is C40H46N6O5S. The summed E-state index contributed by atoms with van der Waals surface area (Å²) >= 11 is 0. The van der Waals surface area contributed by atoms with E-state index in [0.717, 1.165) is 86.9 Å². The van der Waals surface area contributed by atoms with Gasteiger partial charge in [-0.25, -0.2) is 23.1 Å². The van der Waals surface area contributed by atoms with E-state index in [1.54, 1.807) is 30.5 Å². The number of hydrogen-bond donors (Lipinski definition) is 2. The van der Waals surface area contributed by atoms with Crippen LogP contribution in [0.5, 0.6) is 0 Å². The number of aliphatic hydroxyl groups is 1. The summed E-state index contributed by atoms with van der Waals surface area (Å²) in [5.74, 6) is -0.785. The Kier molecular flexibility index (Phi) is 11.2. The number of unbranched alkanes of at least 4 members (excludes halogenated alkanes) is 2. The summed E-state index contributed by atoms with van der Waals surface area (Å²) in [4.78, 5) is 43.6. The molecule has 0 saturated carbocycles. The average Bonchev–Trinajstić information content (AvgIpc) is 3.59. The number of rotatable bonds is 13. The lowest BCUT2D eigenvalue weighted by Gasteiger charge is -2.31. The fourth-order valence-electron chi connectivity index (χ4n) is 6.84. The van der Waals surface area contributed by atoms with Crippen LogP contribution in [0.4, 0.5) is 11.6 Å². The molecular weight excluding hydrogens is 677 g/mol. The van der Waals surface area contributed by atoms with Crippen LogP contribution in [-0.4, -0.2) is 66.4 Å². The van der Waals surface area contributed by atoms with Gasteiger partial charge in [-0.15, -0.1) is 0 Å². The van der Waals surface area contributed by atoms with Gasteiger partial charge in [0, 0.05) is 55.6 Å². The number of nitrogens with zero attached hydrogens (tertiary/aromatic N) is 5. The number of aliphatic hydroxyl groups excluding tert-OH is 1. The minimum absolute atomic E-state index is 0.000560. The Labute approximate surface area is 306 Å². The third-order valence-corrected chi connectivity index (χ3v) is 11.1. The van der Waals surface area contributed by atoms with Gasteiger partial charge in [-0.3, -0.25) is 9.59 Å². The van der Waals surface area contributed by atoms with Crippen molar-refractivity contribution in [1.29, 1.82) is 0 Å². The Morgan fingerprint density at radius 1 is 0.942 bits per heavy atom. The molecule has 2 amide bonds. The quantitative estimate of drug-likeness (QED) is 0.146. The Balaban J connectivity index is 1.38. The monoisotopic (exact) mass is 722 g/mol. The number of nitrogens with one attached hydrogen (secondary N) is 1. The molecule has 12 heteroatoms. The maximum Gasteiger partial charge on any atom is 0.265 e.